The number of allylic oxidation sites excluding steroid dienone is 1. The maximum Gasteiger partial charge on any atom is 0.331 e. The maximum atomic E-state index is 15.5. The number of fused-ring (bicyclic) bond motifs is 1. The molecule has 1 atom stereocenters. The highest BCUT2D eigenvalue weighted by Crippen LogP contribution is 2.46. The topological polar surface area (TPSA) is 75.5 Å². The second-order valence-corrected chi connectivity index (χ2v) is 13.2. The third kappa shape index (κ3) is 6.77. The summed E-state index contributed by atoms with van der Waals surface area (Å²) in [5.74, 6) is 0.00849. The van der Waals surface area contributed by atoms with Gasteiger partial charge in [-0.25, -0.2) is 14.5 Å². The summed E-state index contributed by atoms with van der Waals surface area (Å²) in [5.41, 5.74) is 7.29. The lowest BCUT2D eigenvalue weighted by Gasteiger charge is -2.32. The summed E-state index contributed by atoms with van der Waals surface area (Å²) in [7, 11) is 1.62. The third-order valence-electron chi connectivity index (χ3n) is 8.76. The first kappa shape index (κ1) is 31.7. The summed E-state index contributed by atoms with van der Waals surface area (Å²) >= 11 is 0. The Bertz CT molecular complexity index is 1790. The zero-order valence-electron chi connectivity index (χ0n) is 27.3. The van der Waals surface area contributed by atoms with Crippen LogP contribution < -0.4 is 4.74 Å². The number of carbonyl (C=O) groups is 1. The second kappa shape index (κ2) is 13.2. The molecule has 1 aliphatic heterocycles. The fourth-order valence-corrected chi connectivity index (χ4v) is 6.31. The van der Waals surface area contributed by atoms with Crippen molar-refractivity contribution in [3.63, 3.8) is 0 Å². The number of carbonyl (C=O) groups excluding carboxylic acids is 1. The number of halogens is 1. The molecule has 6 rings (SSSR count). The Morgan fingerprint density at radius 3 is 2.41 bits per heavy atom. The van der Waals surface area contributed by atoms with E-state index in [2.05, 4.69) is 35.2 Å². The quantitative estimate of drug-likeness (QED) is 0.144. The van der Waals surface area contributed by atoms with Gasteiger partial charge in [0.15, 0.2) is 6.23 Å². The molecule has 3 heterocycles. The molecule has 1 saturated heterocycles. The highest BCUT2D eigenvalue weighted by atomic mass is 19.1. The van der Waals surface area contributed by atoms with E-state index in [1.54, 1.807) is 17.9 Å². The van der Waals surface area contributed by atoms with Gasteiger partial charge in [0.25, 0.3) is 0 Å². The zero-order chi connectivity index (χ0) is 32.4. The Kier molecular flexibility index (Phi) is 9.09. The zero-order valence-corrected chi connectivity index (χ0v) is 27.3. The van der Waals surface area contributed by atoms with Crippen molar-refractivity contribution in [1.29, 1.82) is 0 Å². The van der Waals surface area contributed by atoms with E-state index < -0.39 is 11.5 Å². The molecule has 0 N–H and O–H groups in total. The average molecular weight is 624 g/mol. The van der Waals surface area contributed by atoms with Crippen molar-refractivity contribution >= 4 is 34.1 Å². The summed E-state index contributed by atoms with van der Waals surface area (Å²) in [4.78, 5) is 16.9. The fraction of sp³-hybridized carbons (Fsp3) is 0.395. The van der Waals surface area contributed by atoms with Crippen molar-refractivity contribution in [2.75, 3.05) is 13.7 Å². The fourth-order valence-electron chi connectivity index (χ4n) is 6.31. The van der Waals surface area contributed by atoms with Crippen LogP contribution in [0.25, 0.3) is 28.1 Å². The lowest BCUT2D eigenvalue weighted by Crippen LogP contribution is -2.22. The highest BCUT2D eigenvalue weighted by molar-refractivity contribution is 6.02. The minimum absolute atomic E-state index is 0.263. The molecule has 2 aliphatic rings. The molecule has 8 heteroatoms. The standard InChI is InChI=1S/C38H42FN3O4/c1-24-21-32(44-5)40-23-30(24)36(26-9-8-10-26)35(27-15-12-25(13-16-27)14-19-34(43)46-38(2,3)4)28-17-18-31-29(22-28)37(39)41-42(31)33-11-6-7-20-45-33/h12-19,21-23,26,33H,6-11,20H2,1-5H3/b19-14+,36-35+. The van der Waals surface area contributed by atoms with Crippen molar-refractivity contribution < 1.29 is 23.4 Å². The van der Waals surface area contributed by atoms with E-state index >= 15 is 4.39 Å². The van der Waals surface area contributed by atoms with Crippen LogP contribution in [0.2, 0.25) is 0 Å². The molecule has 1 aliphatic carbocycles. The molecule has 0 spiro atoms. The number of hydrogen-bond acceptors (Lipinski definition) is 6. The SMILES string of the molecule is COc1cc(C)c(/C(=C(\c2ccc(/C=C/C(=O)OC(C)(C)C)cc2)c2ccc3c(c2)c(F)nn3C2CCCCO2)C2CCC2)cn1. The van der Waals surface area contributed by atoms with Crippen molar-refractivity contribution in [3.05, 3.63) is 94.6 Å². The monoisotopic (exact) mass is 623 g/mol. The number of rotatable bonds is 8. The van der Waals surface area contributed by atoms with Crippen LogP contribution >= 0.6 is 0 Å². The van der Waals surface area contributed by atoms with E-state index in [1.165, 1.54) is 11.6 Å². The first-order valence-corrected chi connectivity index (χ1v) is 16.2. The van der Waals surface area contributed by atoms with E-state index in [-0.39, 0.29) is 12.2 Å². The summed E-state index contributed by atoms with van der Waals surface area (Å²) in [6.45, 7) is 8.27. The molecule has 2 fully saturated rings. The Morgan fingerprint density at radius 1 is 1.02 bits per heavy atom. The van der Waals surface area contributed by atoms with Crippen LogP contribution in [-0.2, 0) is 14.3 Å². The first-order valence-electron chi connectivity index (χ1n) is 16.2. The number of ether oxygens (including phenoxy) is 3. The summed E-state index contributed by atoms with van der Waals surface area (Å²) in [5, 5.41) is 4.76. The molecular weight excluding hydrogens is 581 g/mol. The number of aromatic nitrogens is 3. The minimum Gasteiger partial charge on any atom is -0.481 e. The number of esters is 1. The molecule has 0 radical (unpaired) electrons. The van der Waals surface area contributed by atoms with Gasteiger partial charge >= 0.3 is 5.97 Å². The average Bonchev–Trinajstić information content (AvgIpc) is 3.34. The van der Waals surface area contributed by atoms with Gasteiger partial charge in [0.1, 0.15) is 5.60 Å². The number of nitrogens with zero attached hydrogens (tertiary/aromatic N) is 3. The summed E-state index contributed by atoms with van der Waals surface area (Å²) in [6, 6.07) is 16.0. The molecular formula is C38H42FN3O4. The van der Waals surface area contributed by atoms with E-state index in [0.29, 0.717) is 23.8 Å². The van der Waals surface area contributed by atoms with Crippen molar-refractivity contribution in [2.45, 2.75) is 78.0 Å². The number of pyridine rings is 1. The van der Waals surface area contributed by atoms with Crippen LogP contribution in [0.15, 0.2) is 60.8 Å². The Labute approximate surface area is 270 Å². The summed E-state index contributed by atoms with van der Waals surface area (Å²) < 4.78 is 34.1. The number of benzene rings is 2. The van der Waals surface area contributed by atoms with Crippen molar-refractivity contribution in [2.24, 2.45) is 5.92 Å². The number of hydrogen-bond donors (Lipinski definition) is 0. The number of methoxy groups -OCH3 is 1. The third-order valence-corrected chi connectivity index (χ3v) is 8.76. The van der Waals surface area contributed by atoms with Gasteiger partial charge < -0.3 is 14.2 Å². The molecule has 4 aromatic rings. The van der Waals surface area contributed by atoms with Gasteiger partial charge in [-0.05, 0) is 117 Å². The Balaban J connectivity index is 1.48. The van der Waals surface area contributed by atoms with Gasteiger partial charge in [-0.3, -0.25) is 0 Å². The largest absolute Gasteiger partial charge is 0.481 e. The Hall–Kier alpha value is -4.30. The molecule has 0 bridgehead atoms. The van der Waals surface area contributed by atoms with Crippen molar-refractivity contribution in [1.82, 2.24) is 14.8 Å². The van der Waals surface area contributed by atoms with Gasteiger partial charge in [-0.2, -0.15) is 4.39 Å². The molecule has 2 aromatic heterocycles. The minimum atomic E-state index is -0.558. The van der Waals surface area contributed by atoms with E-state index in [4.69, 9.17) is 14.2 Å². The van der Waals surface area contributed by atoms with Crippen LogP contribution in [0.1, 0.15) is 93.3 Å². The summed E-state index contributed by atoms with van der Waals surface area (Å²) in [6.07, 6.45) is 11.0. The van der Waals surface area contributed by atoms with Gasteiger partial charge in [-0.15, -0.1) is 5.10 Å². The predicted octanol–water partition coefficient (Wildman–Crippen LogP) is 8.70. The molecule has 240 valence electrons. The number of aryl methyl sites for hydroxylation is 1. The van der Waals surface area contributed by atoms with Crippen LogP contribution in [0.3, 0.4) is 0 Å². The lowest BCUT2D eigenvalue weighted by atomic mass is 9.72. The van der Waals surface area contributed by atoms with Gasteiger partial charge in [0.05, 0.1) is 18.0 Å². The van der Waals surface area contributed by atoms with Crippen LogP contribution in [0.4, 0.5) is 4.39 Å². The normalized spacial score (nSPS) is 18.0. The maximum absolute atomic E-state index is 15.5. The van der Waals surface area contributed by atoms with Gasteiger partial charge in [0.2, 0.25) is 11.8 Å². The second-order valence-electron chi connectivity index (χ2n) is 13.2. The molecule has 1 saturated carbocycles. The highest BCUT2D eigenvalue weighted by Gasteiger charge is 2.29. The van der Waals surface area contributed by atoms with Crippen molar-refractivity contribution in [3.8, 4) is 5.88 Å². The van der Waals surface area contributed by atoms with Crippen LogP contribution in [0.5, 0.6) is 5.88 Å². The molecule has 7 nitrogen and oxygen atoms in total. The smallest absolute Gasteiger partial charge is 0.331 e. The molecule has 2 aromatic carbocycles. The van der Waals surface area contributed by atoms with E-state index in [0.717, 1.165) is 77.4 Å². The molecule has 0 amide bonds. The molecule has 1 unspecified atom stereocenters. The van der Waals surface area contributed by atoms with E-state index in [9.17, 15) is 4.79 Å². The lowest BCUT2D eigenvalue weighted by molar-refractivity contribution is -0.148. The van der Waals surface area contributed by atoms with Gasteiger partial charge in [0, 0.05) is 30.5 Å². The van der Waals surface area contributed by atoms with Gasteiger partial charge in [-0.1, -0.05) is 36.8 Å². The predicted molar refractivity (Wildman–Crippen MR) is 179 cm³/mol. The van der Waals surface area contributed by atoms with E-state index in [1.807, 2.05) is 57.3 Å². The van der Waals surface area contributed by atoms with Crippen LogP contribution in [-0.4, -0.2) is 40.1 Å². The Morgan fingerprint density at radius 2 is 1.78 bits per heavy atom. The first-order chi connectivity index (χ1) is 22.1. The van der Waals surface area contributed by atoms with Crippen LogP contribution in [0, 0.1) is 18.8 Å². The molecule has 46 heavy (non-hydrogen) atoms.